The molecule has 4 nitrogen and oxygen atoms in total. The average molecular weight is 251 g/mol. The summed E-state index contributed by atoms with van der Waals surface area (Å²) < 4.78 is 5.36. The molecule has 1 rings (SSSR count). The first kappa shape index (κ1) is 14.5. The number of carboxylic acids is 1. The highest BCUT2D eigenvalue weighted by atomic mass is 16.5. The highest BCUT2D eigenvalue weighted by Crippen LogP contribution is 2.21. The van der Waals surface area contributed by atoms with Crippen molar-refractivity contribution in [1.29, 1.82) is 0 Å². The van der Waals surface area contributed by atoms with E-state index < -0.39 is 11.5 Å². The summed E-state index contributed by atoms with van der Waals surface area (Å²) >= 11 is 0. The Balaban J connectivity index is 2.85. The van der Waals surface area contributed by atoms with E-state index in [0.29, 0.717) is 13.0 Å². The van der Waals surface area contributed by atoms with Gasteiger partial charge < -0.3 is 9.84 Å². The van der Waals surface area contributed by atoms with Crippen molar-refractivity contribution in [3.05, 3.63) is 29.8 Å². The topological polar surface area (TPSA) is 49.8 Å². The minimum absolute atomic E-state index is 0.460. The third-order valence-corrected chi connectivity index (χ3v) is 3.23. The molecule has 1 aromatic carbocycles. The molecule has 0 aliphatic heterocycles. The lowest BCUT2D eigenvalue weighted by Gasteiger charge is -2.32. The zero-order chi connectivity index (χ0) is 13.8. The van der Waals surface area contributed by atoms with Crippen LogP contribution in [-0.2, 0) is 11.2 Å². The van der Waals surface area contributed by atoms with Crippen LogP contribution in [0.25, 0.3) is 0 Å². The molecule has 100 valence electrons. The van der Waals surface area contributed by atoms with Crippen molar-refractivity contribution in [3.8, 4) is 5.75 Å². The van der Waals surface area contributed by atoms with Crippen molar-refractivity contribution in [1.82, 2.24) is 4.90 Å². The van der Waals surface area contributed by atoms with Crippen molar-refractivity contribution < 1.29 is 14.6 Å². The Kier molecular flexibility index (Phi) is 4.73. The Morgan fingerprint density at radius 3 is 2.28 bits per heavy atom. The van der Waals surface area contributed by atoms with Crippen LogP contribution in [0.4, 0.5) is 0 Å². The summed E-state index contributed by atoms with van der Waals surface area (Å²) in [7, 11) is 3.56. The Morgan fingerprint density at radius 2 is 1.89 bits per heavy atom. The molecule has 0 aliphatic carbocycles. The van der Waals surface area contributed by atoms with E-state index in [1.165, 1.54) is 0 Å². The molecule has 0 spiro atoms. The fourth-order valence-corrected chi connectivity index (χ4v) is 1.69. The molecule has 0 radical (unpaired) electrons. The van der Waals surface area contributed by atoms with Crippen LogP contribution in [0.15, 0.2) is 24.3 Å². The van der Waals surface area contributed by atoms with E-state index in [2.05, 4.69) is 0 Å². The van der Waals surface area contributed by atoms with Crippen molar-refractivity contribution in [2.75, 3.05) is 20.7 Å². The maximum atomic E-state index is 11.4. The number of benzene rings is 1. The van der Waals surface area contributed by atoms with Crippen LogP contribution in [0.1, 0.15) is 19.4 Å². The van der Waals surface area contributed by atoms with Crippen molar-refractivity contribution in [3.63, 3.8) is 0 Å². The largest absolute Gasteiger partial charge is 0.494 e. The highest BCUT2D eigenvalue weighted by Gasteiger charge is 2.35. The number of rotatable bonds is 6. The normalized spacial score (nSPS) is 14.3. The average Bonchev–Trinajstić information content (AvgIpc) is 2.31. The fraction of sp³-hybridized carbons (Fsp3) is 0.500. The summed E-state index contributed by atoms with van der Waals surface area (Å²) in [4.78, 5) is 13.1. The van der Waals surface area contributed by atoms with E-state index in [0.717, 1.165) is 11.3 Å². The molecular weight excluding hydrogens is 230 g/mol. The van der Waals surface area contributed by atoms with Gasteiger partial charge in [0.05, 0.1) is 6.61 Å². The quantitative estimate of drug-likeness (QED) is 0.840. The SMILES string of the molecule is CCOc1ccc(CC(C)(C(=O)O)N(C)C)cc1. The minimum atomic E-state index is -0.896. The number of carbonyl (C=O) groups is 1. The molecule has 0 bridgehead atoms. The smallest absolute Gasteiger partial charge is 0.324 e. The summed E-state index contributed by atoms with van der Waals surface area (Å²) in [5, 5.41) is 9.34. The van der Waals surface area contributed by atoms with Gasteiger partial charge in [-0.2, -0.15) is 0 Å². The summed E-state index contributed by atoms with van der Waals surface area (Å²) in [6.45, 7) is 4.29. The zero-order valence-corrected chi connectivity index (χ0v) is 11.4. The van der Waals surface area contributed by atoms with E-state index >= 15 is 0 Å². The van der Waals surface area contributed by atoms with E-state index in [1.54, 1.807) is 25.9 Å². The number of likely N-dealkylation sites (N-methyl/N-ethyl adjacent to an activating group) is 1. The molecule has 0 fully saturated rings. The van der Waals surface area contributed by atoms with Crippen LogP contribution in [-0.4, -0.2) is 42.2 Å². The van der Waals surface area contributed by atoms with Gasteiger partial charge in [-0.25, -0.2) is 0 Å². The fourth-order valence-electron chi connectivity index (χ4n) is 1.69. The third kappa shape index (κ3) is 3.23. The molecule has 1 aromatic rings. The maximum Gasteiger partial charge on any atom is 0.324 e. The molecule has 1 N–H and O–H groups in total. The Morgan fingerprint density at radius 1 is 1.33 bits per heavy atom. The van der Waals surface area contributed by atoms with Crippen LogP contribution >= 0.6 is 0 Å². The molecule has 0 amide bonds. The Hall–Kier alpha value is -1.55. The van der Waals surface area contributed by atoms with Gasteiger partial charge in [-0.1, -0.05) is 12.1 Å². The van der Waals surface area contributed by atoms with Gasteiger partial charge in [-0.05, 0) is 45.6 Å². The lowest BCUT2D eigenvalue weighted by molar-refractivity contribution is -0.148. The molecule has 0 aliphatic rings. The van der Waals surface area contributed by atoms with Crippen molar-refractivity contribution in [2.24, 2.45) is 0 Å². The van der Waals surface area contributed by atoms with Gasteiger partial charge in [-0.3, -0.25) is 9.69 Å². The number of aliphatic carboxylic acids is 1. The summed E-state index contributed by atoms with van der Waals surface area (Å²) in [5.74, 6) is -0.00971. The second kappa shape index (κ2) is 5.87. The maximum absolute atomic E-state index is 11.4. The molecule has 0 heterocycles. The highest BCUT2D eigenvalue weighted by molar-refractivity contribution is 5.78. The number of ether oxygens (including phenoxy) is 1. The first-order valence-corrected chi connectivity index (χ1v) is 6.02. The second-order valence-electron chi connectivity index (χ2n) is 4.73. The number of hydrogen-bond donors (Lipinski definition) is 1. The molecule has 4 heteroatoms. The molecule has 1 unspecified atom stereocenters. The monoisotopic (exact) mass is 251 g/mol. The van der Waals surface area contributed by atoms with Crippen LogP contribution in [0, 0.1) is 0 Å². The van der Waals surface area contributed by atoms with Gasteiger partial charge in [0.2, 0.25) is 0 Å². The standard InChI is InChI=1S/C14H21NO3/c1-5-18-12-8-6-11(7-9-12)10-14(2,13(16)17)15(3)4/h6-9H,5,10H2,1-4H3,(H,16,17). The van der Waals surface area contributed by atoms with E-state index in [9.17, 15) is 9.90 Å². The molecule has 0 aromatic heterocycles. The lowest BCUT2D eigenvalue weighted by Crippen LogP contribution is -2.50. The predicted molar refractivity (Wildman–Crippen MR) is 71.0 cm³/mol. The van der Waals surface area contributed by atoms with Gasteiger partial charge in [0.1, 0.15) is 11.3 Å². The van der Waals surface area contributed by atoms with E-state index in [-0.39, 0.29) is 0 Å². The molecule has 1 atom stereocenters. The first-order chi connectivity index (χ1) is 8.40. The van der Waals surface area contributed by atoms with Gasteiger partial charge in [0.15, 0.2) is 0 Å². The molecule has 0 saturated heterocycles. The second-order valence-corrected chi connectivity index (χ2v) is 4.73. The van der Waals surface area contributed by atoms with Crippen LogP contribution in [0.5, 0.6) is 5.75 Å². The lowest BCUT2D eigenvalue weighted by atomic mass is 9.92. The van der Waals surface area contributed by atoms with E-state index in [1.807, 2.05) is 31.2 Å². The van der Waals surface area contributed by atoms with Gasteiger partial charge >= 0.3 is 5.97 Å². The molecular formula is C14H21NO3. The van der Waals surface area contributed by atoms with E-state index in [4.69, 9.17) is 4.74 Å². The molecule has 18 heavy (non-hydrogen) atoms. The van der Waals surface area contributed by atoms with Crippen LogP contribution in [0.3, 0.4) is 0 Å². The molecule has 0 saturated carbocycles. The van der Waals surface area contributed by atoms with Gasteiger partial charge in [-0.15, -0.1) is 0 Å². The number of carboxylic acid groups (broad SMARTS) is 1. The van der Waals surface area contributed by atoms with Crippen LogP contribution in [0.2, 0.25) is 0 Å². The zero-order valence-electron chi connectivity index (χ0n) is 11.4. The third-order valence-electron chi connectivity index (χ3n) is 3.23. The summed E-state index contributed by atoms with van der Waals surface area (Å²) in [6.07, 6.45) is 0.460. The van der Waals surface area contributed by atoms with Crippen molar-refractivity contribution in [2.45, 2.75) is 25.8 Å². The Bertz CT molecular complexity index is 400. The van der Waals surface area contributed by atoms with Gasteiger partial charge in [0.25, 0.3) is 0 Å². The first-order valence-electron chi connectivity index (χ1n) is 6.02. The number of nitrogens with zero attached hydrogens (tertiary/aromatic N) is 1. The minimum Gasteiger partial charge on any atom is -0.494 e. The summed E-state index contributed by atoms with van der Waals surface area (Å²) in [6, 6.07) is 7.57. The van der Waals surface area contributed by atoms with Crippen LogP contribution < -0.4 is 4.74 Å². The van der Waals surface area contributed by atoms with Crippen molar-refractivity contribution >= 4 is 5.97 Å². The Labute approximate surface area is 108 Å². The summed E-state index contributed by atoms with van der Waals surface area (Å²) in [5.41, 5.74) is 0.0877. The number of hydrogen-bond acceptors (Lipinski definition) is 3. The van der Waals surface area contributed by atoms with Gasteiger partial charge in [0, 0.05) is 6.42 Å². The predicted octanol–water partition coefficient (Wildman–Crippen LogP) is 2.03.